The molecule has 0 aromatic heterocycles. The molecule has 0 saturated heterocycles. The van der Waals surface area contributed by atoms with Gasteiger partial charge in [0, 0.05) is 1.43 Å². The van der Waals surface area contributed by atoms with Gasteiger partial charge in [-0.15, -0.1) is 0 Å². The Kier molecular flexibility index (Phi) is 13.0. The van der Waals surface area contributed by atoms with Gasteiger partial charge in [0.05, 0.1) is 0 Å². The minimum absolute atomic E-state index is 0. The highest BCUT2D eigenvalue weighted by molar-refractivity contribution is 4.58. The Hall–Kier alpha value is -0.0400. The lowest BCUT2D eigenvalue weighted by Gasteiger charge is -2.22. The van der Waals surface area contributed by atoms with Crippen molar-refractivity contribution in [2.45, 2.75) is 78.6 Å². The van der Waals surface area contributed by atoms with Crippen LogP contribution in [0.15, 0.2) is 0 Å². The lowest BCUT2D eigenvalue weighted by Crippen LogP contribution is -2.27. The van der Waals surface area contributed by atoms with Crippen LogP contribution in [0.1, 0.15) is 80.0 Å². The van der Waals surface area contributed by atoms with Crippen molar-refractivity contribution in [3.8, 4) is 0 Å². The van der Waals surface area contributed by atoms with Crippen LogP contribution in [-0.2, 0) is 0 Å². The monoisotopic (exact) mass is 228 g/mol. The van der Waals surface area contributed by atoms with E-state index in [1.165, 1.54) is 77.4 Å². The number of hydrogen-bond acceptors (Lipinski definition) is 1. The quantitative estimate of drug-likeness (QED) is 0.426. The number of unbranched alkanes of at least 4 members (excludes halogenated alkanes) is 6. The van der Waals surface area contributed by atoms with Gasteiger partial charge in [0.2, 0.25) is 0 Å². The predicted molar refractivity (Wildman–Crippen MR) is 76.1 cm³/mol. The highest BCUT2D eigenvalue weighted by Crippen LogP contribution is 2.05. The number of hydrogen-bond donors (Lipinski definition) is 0. The van der Waals surface area contributed by atoms with Gasteiger partial charge in [0.1, 0.15) is 0 Å². The topological polar surface area (TPSA) is 3.24 Å². The minimum Gasteiger partial charge on any atom is -0.303 e. The number of rotatable bonds is 12. The molecule has 1 nitrogen and oxygen atoms in total. The van der Waals surface area contributed by atoms with Gasteiger partial charge in [-0.2, -0.15) is 0 Å². The first-order chi connectivity index (χ1) is 7.85. The van der Waals surface area contributed by atoms with Crippen LogP contribution in [-0.4, -0.2) is 24.5 Å². The van der Waals surface area contributed by atoms with Crippen molar-refractivity contribution in [2.24, 2.45) is 0 Å². The van der Waals surface area contributed by atoms with Crippen LogP contribution in [0, 0.1) is 0 Å². The molecule has 0 rings (SSSR count). The maximum Gasteiger partial charge on any atom is 0 e. The van der Waals surface area contributed by atoms with Gasteiger partial charge in [-0.25, -0.2) is 0 Å². The van der Waals surface area contributed by atoms with Gasteiger partial charge in [0.15, 0.2) is 0 Å². The summed E-state index contributed by atoms with van der Waals surface area (Å²) < 4.78 is 0. The fraction of sp³-hybridized carbons (Fsp3) is 1.00. The van der Waals surface area contributed by atoms with E-state index in [1.54, 1.807) is 0 Å². The molecular formula is C15H34N. The average molecular weight is 228 g/mol. The predicted octanol–water partition coefficient (Wildman–Crippen LogP) is 4.97. The smallest absolute Gasteiger partial charge is 0 e. The van der Waals surface area contributed by atoms with E-state index in [9.17, 15) is 0 Å². The van der Waals surface area contributed by atoms with Gasteiger partial charge in [0.25, 0.3) is 0 Å². The van der Waals surface area contributed by atoms with Crippen LogP contribution in [0.2, 0.25) is 0 Å². The summed E-state index contributed by atoms with van der Waals surface area (Å²) in [5.41, 5.74) is 0. The molecular weight excluding hydrogens is 194 g/mol. The molecule has 0 saturated carbocycles. The second kappa shape index (κ2) is 13.0. The van der Waals surface area contributed by atoms with Gasteiger partial charge in [-0.3, -0.25) is 0 Å². The average Bonchev–Trinajstić information content (AvgIpc) is 2.29. The van der Waals surface area contributed by atoms with Crippen molar-refractivity contribution in [1.82, 2.24) is 4.90 Å². The second-order valence-corrected chi connectivity index (χ2v) is 4.96. The SMILES string of the molecule is CCCCCN(CCCCC)CCCCC.[H]. The molecule has 0 aromatic rings. The van der Waals surface area contributed by atoms with Gasteiger partial charge < -0.3 is 4.90 Å². The number of nitrogens with zero attached hydrogens (tertiary/aromatic N) is 1. The zero-order valence-corrected chi connectivity index (χ0v) is 11.9. The lowest BCUT2D eigenvalue weighted by molar-refractivity contribution is 0.256. The van der Waals surface area contributed by atoms with Crippen LogP contribution in [0.25, 0.3) is 0 Å². The molecule has 0 bridgehead atoms. The van der Waals surface area contributed by atoms with Crippen molar-refractivity contribution in [2.75, 3.05) is 19.6 Å². The molecule has 1 radical (unpaired) electrons. The Labute approximate surface area is 105 Å². The lowest BCUT2D eigenvalue weighted by atomic mass is 10.2. The standard InChI is InChI=1S/C15H33N.H/c1-4-7-10-13-16(14-11-8-5-2)15-12-9-6-3;/h4-15H2,1-3H3;. The van der Waals surface area contributed by atoms with Crippen molar-refractivity contribution in [1.29, 1.82) is 0 Å². The summed E-state index contributed by atoms with van der Waals surface area (Å²) in [6.45, 7) is 10.9. The van der Waals surface area contributed by atoms with Crippen molar-refractivity contribution >= 4 is 0 Å². The third-order valence-electron chi connectivity index (χ3n) is 3.23. The van der Waals surface area contributed by atoms with E-state index >= 15 is 0 Å². The summed E-state index contributed by atoms with van der Waals surface area (Å²) in [4.78, 5) is 2.70. The maximum atomic E-state index is 2.70. The zero-order valence-electron chi connectivity index (χ0n) is 12.9. The summed E-state index contributed by atoms with van der Waals surface area (Å²) in [6, 6.07) is 0. The molecule has 16 heavy (non-hydrogen) atoms. The van der Waals surface area contributed by atoms with Gasteiger partial charge in [-0.05, 0) is 38.9 Å². The molecule has 0 heterocycles. The van der Waals surface area contributed by atoms with E-state index in [0.717, 1.165) is 0 Å². The normalized spacial score (nSPS) is 11.2. The largest absolute Gasteiger partial charge is 0.303 e. The Balaban J connectivity index is 0. The summed E-state index contributed by atoms with van der Waals surface area (Å²) in [7, 11) is 0. The molecule has 0 unspecified atom stereocenters. The second-order valence-electron chi connectivity index (χ2n) is 4.96. The van der Waals surface area contributed by atoms with E-state index in [0.29, 0.717) is 0 Å². The first-order valence-electron chi connectivity index (χ1n) is 7.57. The van der Waals surface area contributed by atoms with Crippen LogP contribution < -0.4 is 0 Å². The van der Waals surface area contributed by atoms with Crippen LogP contribution >= 0.6 is 0 Å². The van der Waals surface area contributed by atoms with Crippen molar-refractivity contribution < 1.29 is 1.43 Å². The molecule has 0 N–H and O–H groups in total. The Morgan fingerprint density at radius 3 is 1.12 bits per heavy atom. The van der Waals surface area contributed by atoms with Crippen molar-refractivity contribution in [3.05, 3.63) is 0 Å². The van der Waals surface area contributed by atoms with E-state index in [-0.39, 0.29) is 1.43 Å². The van der Waals surface area contributed by atoms with Crippen LogP contribution in [0.5, 0.6) is 0 Å². The third kappa shape index (κ3) is 10.5. The van der Waals surface area contributed by atoms with Crippen molar-refractivity contribution in [3.63, 3.8) is 0 Å². The minimum atomic E-state index is 0. The van der Waals surface area contributed by atoms with E-state index < -0.39 is 0 Å². The highest BCUT2D eigenvalue weighted by Gasteiger charge is 2.03. The molecule has 0 aromatic carbocycles. The summed E-state index contributed by atoms with van der Waals surface area (Å²) >= 11 is 0. The Morgan fingerprint density at radius 1 is 0.562 bits per heavy atom. The first-order valence-corrected chi connectivity index (χ1v) is 7.57. The van der Waals surface area contributed by atoms with Gasteiger partial charge >= 0.3 is 0 Å². The van der Waals surface area contributed by atoms with E-state index in [1.807, 2.05) is 0 Å². The third-order valence-corrected chi connectivity index (χ3v) is 3.23. The molecule has 0 amide bonds. The van der Waals surface area contributed by atoms with Crippen LogP contribution in [0.4, 0.5) is 0 Å². The fourth-order valence-corrected chi connectivity index (χ4v) is 2.09. The molecule has 0 aliphatic heterocycles. The Bertz CT molecular complexity index is 104. The molecule has 99 valence electrons. The van der Waals surface area contributed by atoms with E-state index in [4.69, 9.17) is 0 Å². The summed E-state index contributed by atoms with van der Waals surface area (Å²) in [5.74, 6) is 0. The molecule has 0 fully saturated rings. The molecule has 0 atom stereocenters. The Morgan fingerprint density at radius 2 is 0.875 bits per heavy atom. The zero-order chi connectivity index (χ0) is 12.1. The summed E-state index contributed by atoms with van der Waals surface area (Å²) in [6.07, 6.45) is 12.4. The summed E-state index contributed by atoms with van der Waals surface area (Å²) in [5, 5.41) is 0. The maximum absolute atomic E-state index is 2.70. The molecule has 0 aliphatic carbocycles. The van der Waals surface area contributed by atoms with Crippen LogP contribution in [0.3, 0.4) is 0 Å². The van der Waals surface area contributed by atoms with E-state index in [2.05, 4.69) is 25.7 Å². The molecule has 1 heteroatoms. The highest BCUT2D eigenvalue weighted by atomic mass is 15.1. The first kappa shape index (κ1) is 16.0. The molecule has 0 spiro atoms. The van der Waals surface area contributed by atoms with Gasteiger partial charge in [-0.1, -0.05) is 59.3 Å². The fourth-order valence-electron chi connectivity index (χ4n) is 2.09. The molecule has 0 aliphatic rings.